The highest BCUT2D eigenvalue weighted by atomic mass is 32.2. The van der Waals surface area contributed by atoms with Crippen LogP contribution in [0, 0.1) is 16.0 Å². The van der Waals surface area contributed by atoms with Crippen LogP contribution in [0.15, 0.2) is 41.8 Å². The summed E-state index contributed by atoms with van der Waals surface area (Å²) in [7, 11) is -3.94. The van der Waals surface area contributed by atoms with E-state index in [1.165, 1.54) is 13.0 Å². The van der Waals surface area contributed by atoms with E-state index < -0.39 is 32.9 Å². The molecule has 0 aliphatic rings. The van der Waals surface area contributed by atoms with Gasteiger partial charge < -0.3 is 9.84 Å². The summed E-state index contributed by atoms with van der Waals surface area (Å²) >= 11 is 0. The number of sulfonamides is 1. The summed E-state index contributed by atoms with van der Waals surface area (Å²) in [6.07, 6.45) is 0.751. The monoisotopic (exact) mass is 372 g/mol. The van der Waals surface area contributed by atoms with Gasteiger partial charge in [-0.25, -0.2) is 13.1 Å². The van der Waals surface area contributed by atoms with Crippen LogP contribution < -0.4 is 4.72 Å². The van der Waals surface area contributed by atoms with Gasteiger partial charge >= 0.3 is 5.97 Å². The number of esters is 1. The second kappa shape index (κ2) is 9.25. The third-order valence-electron chi connectivity index (χ3n) is 3.35. The van der Waals surface area contributed by atoms with Crippen molar-refractivity contribution in [3.05, 3.63) is 47.0 Å². The highest BCUT2D eigenvalue weighted by molar-refractivity contribution is 7.89. The van der Waals surface area contributed by atoms with Crippen LogP contribution in [0.2, 0.25) is 0 Å². The van der Waals surface area contributed by atoms with Crippen molar-refractivity contribution in [2.24, 2.45) is 5.92 Å². The van der Waals surface area contributed by atoms with Crippen molar-refractivity contribution in [1.29, 1.82) is 0 Å². The molecule has 1 aromatic rings. The molecule has 2 atom stereocenters. The minimum atomic E-state index is -3.94. The number of nitrogens with zero attached hydrogens (tertiary/aromatic N) is 1. The molecule has 10 heteroatoms. The Labute approximate surface area is 145 Å². The molecule has 0 amide bonds. The van der Waals surface area contributed by atoms with Gasteiger partial charge in [-0.15, -0.1) is 6.58 Å². The Morgan fingerprint density at radius 3 is 2.52 bits per heavy atom. The first kappa shape index (κ1) is 20.7. The van der Waals surface area contributed by atoms with Gasteiger partial charge in [0, 0.05) is 31.5 Å². The van der Waals surface area contributed by atoms with Gasteiger partial charge in [0.15, 0.2) is 0 Å². The SMILES string of the molecule is C=CC[C@@H](COC(C)=O)[C@H](O)CNS(=O)(=O)c1ccc([N+](=O)[O-])cc1. The second-order valence-electron chi connectivity index (χ2n) is 5.26. The molecule has 0 spiro atoms. The third kappa shape index (κ3) is 6.61. The van der Waals surface area contributed by atoms with E-state index in [2.05, 4.69) is 11.3 Å². The lowest BCUT2D eigenvalue weighted by Gasteiger charge is -2.21. The van der Waals surface area contributed by atoms with Crippen molar-refractivity contribution < 1.29 is 28.0 Å². The molecule has 0 saturated carbocycles. The smallest absolute Gasteiger partial charge is 0.302 e. The fourth-order valence-corrected chi connectivity index (χ4v) is 3.02. The molecule has 25 heavy (non-hydrogen) atoms. The highest BCUT2D eigenvalue weighted by Gasteiger charge is 2.23. The summed E-state index contributed by atoms with van der Waals surface area (Å²) in [6.45, 7) is 4.40. The van der Waals surface area contributed by atoms with E-state index >= 15 is 0 Å². The molecule has 1 rings (SSSR count). The number of benzene rings is 1. The molecule has 0 heterocycles. The molecule has 2 N–H and O–H groups in total. The first-order valence-corrected chi connectivity index (χ1v) is 8.82. The molecule has 0 aliphatic carbocycles. The Balaban J connectivity index is 2.73. The van der Waals surface area contributed by atoms with Crippen molar-refractivity contribution in [3.8, 4) is 0 Å². The molecule has 0 radical (unpaired) electrons. The van der Waals surface area contributed by atoms with E-state index in [1.54, 1.807) is 0 Å². The van der Waals surface area contributed by atoms with Crippen molar-refractivity contribution in [2.75, 3.05) is 13.2 Å². The number of nitrogens with one attached hydrogen (secondary N) is 1. The zero-order valence-electron chi connectivity index (χ0n) is 13.6. The van der Waals surface area contributed by atoms with E-state index in [-0.39, 0.29) is 23.7 Å². The van der Waals surface area contributed by atoms with Gasteiger partial charge in [0.2, 0.25) is 10.0 Å². The van der Waals surface area contributed by atoms with Crippen molar-refractivity contribution >= 4 is 21.7 Å². The first-order chi connectivity index (χ1) is 11.7. The summed E-state index contributed by atoms with van der Waals surface area (Å²) in [5.41, 5.74) is -0.230. The van der Waals surface area contributed by atoms with Crippen LogP contribution >= 0.6 is 0 Å². The zero-order valence-corrected chi connectivity index (χ0v) is 14.4. The topological polar surface area (TPSA) is 136 Å². The number of carbonyl (C=O) groups excluding carboxylic acids is 1. The van der Waals surface area contributed by atoms with Crippen molar-refractivity contribution in [3.63, 3.8) is 0 Å². The van der Waals surface area contributed by atoms with Gasteiger partial charge in [-0.1, -0.05) is 6.08 Å². The average Bonchev–Trinajstić information content (AvgIpc) is 2.56. The predicted molar refractivity (Wildman–Crippen MR) is 89.2 cm³/mol. The Hall–Kier alpha value is -2.30. The van der Waals surface area contributed by atoms with Gasteiger partial charge in [-0.2, -0.15) is 0 Å². The molecule has 138 valence electrons. The molecule has 1 aromatic carbocycles. The number of carbonyl (C=O) groups is 1. The number of allylic oxidation sites excluding steroid dienone is 1. The highest BCUT2D eigenvalue weighted by Crippen LogP contribution is 2.16. The molecule has 9 nitrogen and oxygen atoms in total. The van der Waals surface area contributed by atoms with Crippen LogP contribution in [0.25, 0.3) is 0 Å². The Morgan fingerprint density at radius 1 is 1.44 bits per heavy atom. The largest absolute Gasteiger partial charge is 0.465 e. The van der Waals surface area contributed by atoms with Crippen LogP contribution in [0.4, 0.5) is 5.69 Å². The fraction of sp³-hybridized carbons (Fsp3) is 0.400. The van der Waals surface area contributed by atoms with E-state index in [9.17, 15) is 28.4 Å². The minimum absolute atomic E-state index is 0.0677. The third-order valence-corrected chi connectivity index (χ3v) is 4.79. The molecule has 0 aromatic heterocycles. The number of hydrogen-bond donors (Lipinski definition) is 2. The standard InChI is InChI=1S/C15H20N2O7S/c1-3-4-12(10-24-11(2)18)15(19)9-16-25(22,23)14-7-5-13(6-8-14)17(20)21/h3,5-8,12,15-16,19H,1,4,9-10H2,2H3/t12-,15+/m0/s1. The van der Waals surface area contributed by atoms with Gasteiger partial charge in [-0.05, 0) is 18.6 Å². The lowest BCUT2D eigenvalue weighted by molar-refractivity contribution is -0.384. The van der Waals surface area contributed by atoms with Crippen LogP contribution in [-0.2, 0) is 19.6 Å². The number of aliphatic hydroxyl groups is 1. The summed E-state index contributed by atoms with van der Waals surface area (Å²) in [4.78, 5) is 20.7. The summed E-state index contributed by atoms with van der Waals surface area (Å²) in [5, 5.41) is 20.7. The maximum absolute atomic E-state index is 12.2. The Bertz CT molecular complexity index is 716. The van der Waals surface area contributed by atoms with Gasteiger partial charge in [0.25, 0.3) is 5.69 Å². The number of ether oxygens (including phenoxy) is 1. The van der Waals surface area contributed by atoms with Crippen LogP contribution in [-0.4, -0.2) is 43.7 Å². The molecule has 0 unspecified atom stereocenters. The second-order valence-corrected chi connectivity index (χ2v) is 7.02. The van der Waals surface area contributed by atoms with Crippen molar-refractivity contribution in [1.82, 2.24) is 4.72 Å². The maximum Gasteiger partial charge on any atom is 0.302 e. The van der Waals surface area contributed by atoms with Crippen LogP contribution in [0.5, 0.6) is 0 Å². The lowest BCUT2D eigenvalue weighted by atomic mass is 10.00. The summed E-state index contributed by atoms with van der Waals surface area (Å²) in [6, 6.07) is 4.36. The van der Waals surface area contributed by atoms with Crippen LogP contribution in [0.3, 0.4) is 0 Å². The molecular weight excluding hydrogens is 352 g/mol. The lowest BCUT2D eigenvalue weighted by Crippen LogP contribution is -2.38. The van der Waals surface area contributed by atoms with E-state index in [0.717, 1.165) is 24.3 Å². The summed E-state index contributed by atoms with van der Waals surface area (Å²) in [5.74, 6) is -1.02. The normalized spacial score (nSPS) is 13.7. The van der Waals surface area contributed by atoms with E-state index in [0.29, 0.717) is 6.42 Å². The number of nitro benzene ring substituents is 1. The minimum Gasteiger partial charge on any atom is -0.465 e. The predicted octanol–water partition coefficient (Wildman–Crippen LogP) is 0.989. The molecule has 0 aliphatic heterocycles. The number of aliphatic hydroxyl groups excluding tert-OH is 1. The molecule has 0 saturated heterocycles. The number of hydrogen-bond acceptors (Lipinski definition) is 7. The van der Waals surface area contributed by atoms with E-state index in [1.807, 2.05) is 0 Å². The van der Waals surface area contributed by atoms with E-state index in [4.69, 9.17) is 4.74 Å². The van der Waals surface area contributed by atoms with Gasteiger partial charge in [-0.3, -0.25) is 14.9 Å². The first-order valence-electron chi connectivity index (χ1n) is 7.33. The number of non-ortho nitro benzene ring substituents is 1. The zero-order chi connectivity index (χ0) is 19.0. The van der Waals surface area contributed by atoms with Crippen LogP contribution in [0.1, 0.15) is 13.3 Å². The molecule has 0 bridgehead atoms. The number of nitro groups is 1. The Morgan fingerprint density at radius 2 is 2.04 bits per heavy atom. The van der Waals surface area contributed by atoms with Crippen molar-refractivity contribution in [2.45, 2.75) is 24.3 Å². The average molecular weight is 372 g/mol. The van der Waals surface area contributed by atoms with Gasteiger partial charge in [0.05, 0.1) is 22.5 Å². The quantitative estimate of drug-likeness (QED) is 0.270. The Kier molecular flexibility index (Phi) is 7.68. The molecular formula is C15H20N2O7S. The fourth-order valence-electron chi connectivity index (χ4n) is 1.97. The summed E-state index contributed by atoms with van der Waals surface area (Å²) < 4.78 is 31.4. The maximum atomic E-state index is 12.2. The van der Waals surface area contributed by atoms with Gasteiger partial charge in [0.1, 0.15) is 0 Å². The number of rotatable bonds is 10. The molecule has 0 fully saturated rings.